The fourth-order valence-corrected chi connectivity index (χ4v) is 2.43. The highest BCUT2D eigenvalue weighted by Crippen LogP contribution is 2.19. The van der Waals surface area contributed by atoms with E-state index in [1.165, 1.54) is 0 Å². The van der Waals surface area contributed by atoms with Gasteiger partial charge in [-0.1, -0.05) is 30.3 Å². The van der Waals surface area contributed by atoms with Crippen molar-refractivity contribution in [3.63, 3.8) is 0 Å². The number of aromatic amines is 1. The number of H-pyrrole nitrogens is 1. The number of carbonyl (C=O) groups excluding carboxylic acids is 1. The number of ether oxygens (including phenoxy) is 1. The highest BCUT2D eigenvalue weighted by Gasteiger charge is 2.12. The Bertz CT molecular complexity index is 881. The summed E-state index contributed by atoms with van der Waals surface area (Å²) < 4.78 is 5.66. The van der Waals surface area contributed by atoms with Crippen molar-refractivity contribution in [2.75, 3.05) is 0 Å². The van der Waals surface area contributed by atoms with Crippen LogP contribution < -0.4 is 10.2 Å². The minimum atomic E-state index is -0.303. The average molecular weight is 321 g/mol. The lowest BCUT2D eigenvalue weighted by atomic mass is 10.2. The zero-order valence-corrected chi connectivity index (χ0v) is 13.6. The predicted molar refractivity (Wildman–Crippen MR) is 95.6 cm³/mol. The van der Waals surface area contributed by atoms with Gasteiger partial charge in [0.15, 0.2) is 0 Å². The number of hydrogen-bond donors (Lipinski definition) is 2. The van der Waals surface area contributed by atoms with Crippen molar-refractivity contribution in [2.45, 2.75) is 20.0 Å². The molecular formula is C19H19N3O2. The number of amides is 1. The second-order valence-electron chi connectivity index (χ2n) is 5.65. The Hall–Kier alpha value is -3.08. The summed E-state index contributed by atoms with van der Waals surface area (Å²) in [4.78, 5) is 15.5. The Kier molecular flexibility index (Phi) is 4.61. The molecule has 0 radical (unpaired) electrons. The molecule has 0 saturated carbocycles. The molecule has 0 aliphatic heterocycles. The summed E-state index contributed by atoms with van der Waals surface area (Å²) in [5.74, 6) is 0.245. The molecule has 0 unspecified atom stereocenters. The van der Waals surface area contributed by atoms with Crippen LogP contribution in [-0.2, 0) is 0 Å². The van der Waals surface area contributed by atoms with E-state index in [1.807, 2.05) is 50.4 Å². The molecule has 3 aromatic rings. The molecule has 1 amide bonds. The maximum atomic E-state index is 12.3. The van der Waals surface area contributed by atoms with Gasteiger partial charge in [0.2, 0.25) is 0 Å². The number of hydrogen-bond acceptors (Lipinski definition) is 3. The molecule has 3 rings (SSSR count). The lowest BCUT2D eigenvalue weighted by Gasteiger charge is -2.12. The van der Waals surface area contributed by atoms with Crippen molar-refractivity contribution in [1.29, 1.82) is 0 Å². The summed E-state index contributed by atoms with van der Waals surface area (Å²) in [5, 5.41) is 5.12. The van der Waals surface area contributed by atoms with E-state index < -0.39 is 0 Å². The van der Waals surface area contributed by atoms with Crippen LogP contribution in [0.3, 0.4) is 0 Å². The Morgan fingerprint density at radius 1 is 1.17 bits per heavy atom. The standard InChI is InChI=1S/C19H19N3O2/c1-13(2)24-18-10-6-4-8-16(18)19(23)22-21-12-14-11-20-17-9-5-3-7-15(14)17/h3-13,20H,1-2H3,(H,22,23). The zero-order chi connectivity index (χ0) is 16.9. The summed E-state index contributed by atoms with van der Waals surface area (Å²) in [7, 11) is 0. The molecule has 5 heteroatoms. The first-order valence-electron chi connectivity index (χ1n) is 7.80. The van der Waals surface area contributed by atoms with Gasteiger partial charge >= 0.3 is 0 Å². The van der Waals surface area contributed by atoms with Gasteiger partial charge in [0.1, 0.15) is 5.75 Å². The quantitative estimate of drug-likeness (QED) is 0.555. The lowest BCUT2D eigenvalue weighted by molar-refractivity contribution is 0.0949. The largest absolute Gasteiger partial charge is 0.490 e. The zero-order valence-electron chi connectivity index (χ0n) is 13.6. The molecule has 0 saturated heterocycles. The highest BCUT2D eigenvalue weighted by atomic mass is 16.5. The Morgan fingerprint density at radius 2 is 1.92 bits per heavy atom. The van der Waals surface area contributed by atoms with Gasteiger partial charge < -0.3 is 9.72 Å². The molecule has 0 atom stereocenters. The summed E-state index contributed by atoms with van der Waals surface area (Å²) in [6, 6.07) is 15.0. The lowest BCUT2D eigenvalue weighted by Crippen LogP contribution is -2.19. The molecule has 1 aromatic heterocycles. The minimum Gasteiger partial charge on any atom is -0.490 e. The van der Waals surface area contributed by atoms with Gasteiger partial charge in [-0.15, -0.1) is 0 Å². The van der Waals surface area contributed by atoms with Crippen molar-refractivity contribution >= 4 is 23.0 Å². The van der Waals surface area contributed by atoms with Crippen molar-refractivity contribution in [3.05, 3.63) is 65.9 Å². The van der Waals surface area contributed by atoms with Crippen LogP contribution in [0.25, 0.3) is 10.9 Å². The number of rotatable bonds is 5. The van der Waals surface area contributed by atoms with Crippen LogP contribution in [-0.4, -0.2) is 23.2 Å². The molecule has 0 spiro atoms. The van der Waals surface area contributed by atoms with Gasteiger partial charge in [0, 0.05) is 22.7 Å². The second kappa shape index (κ2) is 7.00. The van der Waals surface area contributed by atoms with E-state index in [1.54, 1.807) is 24.4 Å². The number of nitrogens with zero attached hydrogens (tertiary/aromatic N) is 1. The maximum Gasteiger partial charge on any atom is 0.275 e. The first-order chi connectivity index (χ1) is 11.6. The first kappa shape index (κ1) is 15.8. The van der Waals surface area contributed by atoms with Gasteiger partial charge in [0.05, 0.1) is 17.9 Å². The van der Waals surface area contributed by atoms with E-state index in [0.717, 1.165) is 16.5 Å². The van der Waals surface area contributed by atoms with E-state index in [9.17, 15) is 4.79 Å². The molecule has 1 heterocycles. The molecule has 0 bridgehead atoms. The molecule has 2 N–H and O–H groups in total. The minimum absolute atomic E-state index is 0.00586. The smallest absolute Gasteiger partial charge is 0.275 e. The van der Waals surface area contributed by atoms with E-state index in [0.29, 0.717) is 11.3 Å². The molecule has 0 fully saturated rings. The number of hydrazone groups is 1. The fourth-order valence-electron chi connectivity index (χ4n) is 2.43. The van der Waals surface area contributed by atoms with Crippen LogP contribution in [0.1, 0.15) is 29.8 Å². The molecule has 5 nitrogen and oxygen atoms in total. The van der Waals surface area contributed by atoms with Crippen LogP contribution in [0.4, 0.5) is 0 Å². The monoisotopic (exact) mass is 321 g/mol. The SMILES string of the molecule is CC(C)Oc1ccccc1C(=O)NN=Cc1c[nH]c2ccccc12. The predicted octanol–water partition coefficient (Wildman–Crippen LogP) is 3.72. The Labute approximate surface area is 140 Å². The van der Waals surface area contributed by atoms with Gasteiger partial charge in [-0.3, -0.25) is 4.79 Å². The second-order valence-corrected chi connectivity index (χ2v) is 5.65. The van der Waals surface area contributed by atoms with E-state index >= 15 is 0 Å². The van der Waals surface area contributed by atoms with Crippen molar-refractivity contribution in [1.82, 2.24) is 10.4 Å². The van der Waals surface area contributed by atoms with E-state index in [4.69, 9.17) is 4.74 Å². The van der Waals surface area contributed by atoms with Crippen molar-refractivity contribution in [2.24, 2.45) is 5.10 Å². The maximum absolute atomic E-state index is 12.3. The van der Waals surface area contributed by atoms with Crippen LogP contribution in [0.2, 0.25) is 0 Å². The molecule has 0 aliphatic carbocycles. The number of fused-ring (bicyclic) bond motifs is 1. The first-order valence-corrected chi connectivity index (χ1v) is 7.80. The van der Waals surface area contributed by atoms with Crippen LogP contribution in [0.15, 0.2) is 59.8 Å². The number of nitrogens with one attached hydrogen (secondary N) is 2. The summed E-state index contributed by atoms with van der Waals surface area (Å²) >= 11 is 0. The Balaban J connectivity index is 1.74. The van der Waals surface area contributed by atoms with Crippen LogP contribution in [0.5, 0.6) is 5.75 Å². The van der Waals surface area contributed by atoms with Crippen molar-refractivity contribution < 1.29 is 9.53 Å². The highest BCUT2D eigenvalue weighted by molar-refractivity contribution is 6.00. The third-order valence-electron chi connectivity index (χ3n) is 3.49. The molecule has 24 heavy (non-hydrogen) atoms. The Morgan fingerprint density at radius 3 is 2.75 bits per heavy atom. The van der Waals surface area contributed by atoms with Gasteiger partial charge in [-0.2, -0.15) is 5.10 Å². The number of benzene rings is 2. The van der Waals surface area contributed by atoms with Gasteiger partial charge in [-0.05, 0) is 32.0 Å². The number of aromatic nitrogens is 1. The third kappa shape index (κ3) is 3.46. The summed E-state index contributed by atoms with van der Waals surface area (Å²) in [6.07, 6.45) is 3.48. The van der Waals surface area contributed by atoms with Crippen molar-refractivity contribution in [3.8, 4) is 5.75 Å². The van der Waals surface area contributed by atoms with E-state index in [2.05, 4.69) is 15.5 Å². The topological polar surface area (TPSA) is 66.5 Å². The van der Waals surface area contributed by atoms with Gasteiger partial charge in [0.25, 0.3) is 5.91 Å². The summed E-state index contributed by atoms with van der Waals surface area (Å²) in [6.45, 7) is 3.84. The molecule has 0 aliphatic rings. The molecular weight excluding hydrogens is 302 g/mol. The molecule has 122 valence electrons. The third-order valence-corrected chi connectivity index (χ3v) is 3.49. The van der Waals surface area contributed by atoms with E-state index in [-0.39, 0.29) is 12.0 Å². The van der Waals surface area contributed by atoms with Crippen LogP contribution >= 0.6 is 0 Å². The average Bonchev–Trinajstić information content (AvgIpc) is 2.98. The fraction of sp³-hybridized carbons (Fsp3) is 0.158. The molecule has 2 aromatic carbocycles. The normalized spacial score (nSPS) is 11.3. The number of para-hydroxylation sites is 2. The summed E-state index contributed by atoms with van der Waals surface area (Å²) in [5.41, 5.74) is 4.96. The van der Waals surface area contributed by atoms with Gasteiger partial charge in [-0.25, -0.2) is 5.43 Å². The number of carbonyl (C=O) groups is 1. The van der Waals surface area contributed by atoms with Crippen LogP contribution in [0, 0.1) is 0 Å².